The fourth-order valence-electron chi connectivity index (χ4n) is 2.21. The van der Waals surface area contributed by atoms with E-state index in [1.54, 1.807) is 18.2 Å². The molecule has 19 heavy (non-hydrogen) atoms. The van der Waals surface area contributed by atoms with E-state index >= 15 is 0 Å². The molecule has 1 unspecified atom stereocenters. The minimum absolute atomic E-state index is 0.122. The van der Waals surface area contributed by atoms with Crippen molar-refractivity contribution < 1.29 is 19.1 Å². The molecule has 2 amide bonds. The summed E-state index contributed by atoms with van der Waals surface area (Å²) in [6.07, 6.45) is 0.122. The monoisotopic (exact) mass is 264 g/mol. The van der Waals surface area contributed by atoms with Crippen molar-refractivity contribution in [3.8, 4) is 11.5 Å². The number of ether oxygens (including phenoxy) is 2. The highest BCUT2D eigenvalue weighted by atomic mass is 16.5. The third-order valence-electron chi connectivity index (χ3n) is 3.20. The van der Waals surface area contributed by atoms with Crippen molar-refractivity contribution in [3.63, 3.8) is 0 Å². The van der Waals surface area contributed by atoms with E-state index in [9.17, 15) is 9.59 Å². The van der Waals surface area contributed by atoms with Crippen molar-refractivity contribution in [2.75, 3.05) is 25.7 Å². The molecule has 0 aliphatic carbocycles. The highest BCUT2D eigenvalue weighted by Crippen LogP contribution is 2.40. The third-order valence-corrected chi connectivity index (χ3v) is 3.20. The van der Waals surface area contributed by atoms with Gasteiger partial charge in [0.05, 0.1) is 20.1 Å². The predicted octanol–water partition coefficient (Wildman–Crippen LogP) is 0.542. The van der Waals surface area contributed by atoms with Gasteiger partial charge < -0.3 is 20.1 Å². The van der Waals surface area contributed by atoms with Gasteiger partial charge in [0, 0.05) is 13.0 Å². The minimum Gasteiger partial charge on any atom is -0.494 e. The number of methoxy groups -OCH3 is 2. The summed E-state index contributed by atoms with van der Waals surface area (Å²) in [4.78, 5) is 24.7. The Bertz CT molecular complexity index is 493. The maximum atomic E-state index is 12.0. The molecule has 1 fully saturated rings. The summed E-state index contributed by atoms with van der Waals surface area (Å²) in [5, 5.41) is 0. The number of hydrogen-bond acceptors (Lipinski definition) is 4. The van der Waals surface area contributed by atoms with E-state index in [2.05, 4.69) is 0 Å². The van der Waals surface area contributed by atoms with Crippen LogP contribution in [-0.4, -0.2) is 32.6 Å². The molecule has 1 aromatic rings. The second-order valence-electron chi connectivity index (χ2n) is 4.32. The zero-order chi connectivity index (χ0) is 14.0. The molecule has 1 saturated heterocycles. The van der Waals surface area contributed by atoms with Crippen LogP contribution in [0.4, 0.5) is 5.69 Å². The van der Waals surface area contributed by atoms with Crippen molar-refractivity contribution in [1.82, 2.24) is 0 Å². The lowest BCUT2D eigenvalue weighted by molar-refractivity contribution is -0.123. The topological polar surface area (TPSA) is 81.9 Å². The van der Waals surface area contributed by atoms with E-state index in [-0.39, 0.29) is 18.9 Å². The van der Waals surface area contributed by atoms with E-state index in [1.807, 2.05) is 0 Å². The lowest BCUT2D eigenvalue weighted by atomic mass is 10.1. The highest BCUT2D eigenvalue weighted by Gasteiger charge is 2.36. The van der Waals surface area contributed by atoms with Gasteiger partial charge in [-0.05, 0) is 12.1 Å². The zero-order valence-electron chi connectivity index (χ0n) is 10.9. The number of amides is 2. The van der Waals surface area contributed by atoms with Crippen molar-refractivity contribution in [1.29, 1.82) is 0 Å². The van der Waals surface area contributed by atoms with Crippen LogP contribution < -0.4 is 20.1 Å². The number of nitrogens with two attached hydrogens (primary N) is 1. The largest absolute Gasteiger partial charge is 0.494 e. The lowest BCUT2D eigenvalue weighted by Gasteiger charge is -2.21. The van der Waals surface area contributed by atoms with Gasteiger partial charge in [-0.3, -0.25) is 9.59 Å². The van der Waals surface area contributed by atoms with Crippen LogP contribution in [0.3, 0.4) is 0 Å². The van der Waals surface area contributed by atoms with E-state index in [4.69, 9.17) is 15.2 Å². The summed E-state index contributed by atoms with van der Waals surface area (Å²) in [5.41, 5.74) is 5.80. The first-order valence-electron chi connectivity index (χ1n) is 5.89. The number of anilines is 1. The molecule has 1 aliphatic heterocycles. The molecule has 6 heteroatoms. The Kier molecular flexibility index (Phi) is 3.59. The summed E-state index contributed by atoms with van der Waals surface area (Å²) < 4.78 is 10.5. The van der Waals surface area contributed by atoms with Gasteiger partial charge in [0.15, 0.2) is 0 Å². The molecule has 2 rings (SSSR count). The molecule has 1 atom stereocenters. The maximum absolute atomic E-state index is 12.0. The number of nitrogens with zero attached hydrogens (tertiary/aromatic N) is 1. The second kappa shape index (κ2) is 5.17. The predicted molar refractivity (Wildman–Crippen MR) is 69.2 cm³/mol. The molecule has 1 aliphatic rings. The SMILES string of the molecule is COc1cccc(OC)c1N1CC(C(N)=O)CC1=O. The average molecular weight is 264 g/mol. The Labute approximate surface area is 111 Å². The van der Waals surface area contributed by atoms with Gasteiger partial charge in [0.25, 0.3) is 0 Å². The lowest BCUT2D eigenvalue weighted by Crippen LogP contribution is -2.29. The fraction of sp³-hybridized carbons (Fsp3) is 0.385. The van der Waals surface area contributed by atoms with Gasteiger partial charge in [-0.15, -0.1) is 0 Å². The molecule has 0 spiro atoms. The van der Waals surface area contributed by atoms with Gasteiger partial charge in [0.1, 0.15) is 17.2 Å². The first-order chi connectivity index (χ1) is 9.08. The summed E-state index contributed by atoms with van der Waals surface area (Å²) in [6, 6.07) is 5.25. The number of hydrogen-bond donors (Lipinski definition) is 1. The van der Waals surface area contributed by atoms with Gasteiger partial charge in [-0.1, -0.05) is 6.07 Å². The summed E-state index contributed by atoms with van der Waals surface area (Å²) >= 11 is 0. The van der Waals surface area contributed by atoms with Crippen LogP contribution in [0.1, 0.15) is 6.42 Å². The van der Waals surface area contributed by atoms with Crippen LogP contribution in [0.25, 0.3) is 0 Å². The van der Waals surface area contributed by atoms with Gasteiger partial charge >= 0.3 is 0 Å². The Hall–Kier alpha value is -2.24. The maximum Gasteiger partial charge on any atom is 0.228 e. The first-order valence-corrected chi connectivity index (χ1v) is 5.89. The summed E-state index contributed by atoms with van der Waals surface area (Å²) in [7, 11) is 3.04. The van der Waals surface area contributed by atoms with Gasteiger partial charge in [-0.25, -0.2) is 0 Å². The standard InChI is InChI=1S/C13H16N2O4/c1-18-9-4-3-5-10(19-2)12(9)15-7-8(13(14)17)6-11(15)16/h3-5,8H,6-7H2,1-2H3,(H2,14,17). The Morgan fingerprint density at radius 3 is 2.32 bits per heavy atom. The van der Waals surface area contributed by atoms with Crippen LogP contribution in [0.2, 0.25) is 0 Å². The quantitative estimate of drug-likeness (QED) is 0.860. The molecule has 0 aromatic heterocycles. The number of primary amides is 1. The van der Waals surface area contributed by atoms with Crippen LogP contribution in [-0.2, 0) is 9.59 Å². The van der Waals surface area contributed by atoms with Crippen LogP contribution >= 0.6 is 0 Å². The average Bonchev–Trinajstić information content (AvgIpc) is 2.79. The molecule has 1 aromatic carbocycles. The number of carbonyl (C=O) groups is 2. The normalized spacial score (nSPS) is 18.5. The van der Waals surface area contributed by atoms with Gasteiger partial charge in [-0.2, -0.15) is 0 Å². The highest BCUT2D eigenvalue weighted by molar-refractivity contribution is 6.02. The van der Waals surface area contributed by atoms with Crippen LogP contribution in [0.5, 0.6) is 11.5 Å². The van der Waals surface area contributed by atoms with Crippen molar-refractivity contribution in [3.05, 3.63) is 18.2 Å². The first kappa shape index (κ1) is 13.2. The Morgan fingerprint density at radius 2 is 1.89 bits per heavy atom. The van der Waals surface area contributed by atoms with E-state index in [0.29, 0.717) is 17.2 Å². The van der Waals surface area contributed by atoms with Crippen molar-refractivity contribution in [2.45, 2.75) is 6.42 Å². The molecule has 0 radical (unpaired) electrons. The smallest absolute Gasteiger partial charge is 0.228 e. The molecule has 1 heterocycles. The number of carbonyl (C=O) groups excluding carboxylic acids is 2. The minimum atomic E-state index is -0.470. The third kappa shape index (κ3) is 2.33. The molecule has 2 N–H and O–H groups in total. The molecular formula is C13H16N2O4. The Morgan fingerprint density at radius 1 is 1.32 bits per heavy atom. The number of rotatable bonds is 4. The van der Waals surface area contributed by atoms with Crippen LogP contribution in [0, 0.1) is 5.92 Å². The van der Waals surface area contributed by atoms with Gasteiger partial charge in [0.2, 0.25) is 11.8 Å². The molecule has 0 saturated carbocycles. The summed E-state index contributed by atoms with van der Waals surface area (Å²) in [5.74, 6) is -0.0472. The molecular weight excluding hydrogens is 248 g/mol. The molecule has 0 bridgehead atoms. The fourth-order valence-corrected chi connectivity index (χ4v) is 2.21. The summed E-state index contributed by atoms with van der Waals surface area (Å²) in [6.45, 7) is 0.255. The second-order valence-corrected chi connectivity index (χ2v) is 4.32. The van der Waals surface area contributed by atoms with Crippen LogP contribution in [0.15, 0.2) is 18.2 Å². The van der Waals surface area contributed by atoms with E-state index in [0.717, 1.165) is 0 Å². The van der Waals surface area contributed by atoms with E-state index in [1.165, 1.54) is 19.1 Å². The Balaban J connectivity index is 2.41. The van der Waals surface area contributed by atoms with E-state index < -0.39 is 11.8 Å². The molecule has 102 valence electrons. The van der Waals surface area contributed by atoms with Crippen molar-refractivity contribution >= 4 is 17.5 Å². The zero-order valence-corrected chi connectivity index (χ0v) is 10.9. The number of benzene rings is 1. The number of para-hydroxylation sites is 1. The molecule has 6 nitrogen and oxygen atoms in total. The van der Waals surface area contributed by atoms with Crippen molar-refractivity contribution in [2.24, 2.45) is 11.7 Å².